The van der Waals surface area contributed by atoms with Crippen molar-refractivity contribution in [3.05, 3.63) is 29.3 Å². The van der Waals surface area contributed by atoms with Crippen LogP contribution < -0.4 is 4.74 Å². The first-order valence-corrected chi connectivity index (χ1v) is 8.84. The van der Waals surface area contributed by atoms with Crippen LogP contribution in [0.4, 0.5) is 0 Å². The summed E-state index contributed by atoms with van der Waals surface area (Å²) < 4.78 is 16.9. The second-order valence-electron chi connectivity index (χ2n) is 6.70. The zero-order chi connectivity index (χ0) is 16.9. The van der Waals surface area contributed by atoms with Crippen LogP contribution in [0.3, 0.4) is 0 Å². The topological polar surface area (TPSA) is 48.0 Å². The Morgan fingerprint density at radius 1 is 1.21 bits per heavy atom. The number of hydrogen-bond donors (Lipinski definition) is 0. The van der Waals surface area contributed by atoms with Crippen LogP contribution in [-0.4, -0.2) is 50.0 Å². The van der Waals surface area contributed by atoms with E-state index >= 15 is 0 Å². The number of rotatable bonds is 5. The molecule has 0 saturated carbocycles. The van der Waals surface area contributed by atoms with Crippen molar-refractivity contribution < 1.29 is 19.0 Å². The minimum Gasteiger partial charge on any atom is -0.493 e. The predicted octanol–water partition coefficient (Wildman–Crippen LogP) is 2.68. The molecule has 0 N–H and O–H groups in total. The average Bonchev–Trinajstić information content (AvgIpc) is 3.11. The van der Waals surface area contributed by atoms with Gasteiger partial charge in [-0.1, -0.05) is 17.7 Å². The molecule has 0 bridgehead atoms. The summed E-state index contributed by atoms with van der Waals surface area (Å²) in [7, 11) is 0. The molecule has 5 nitrogen and oxygen atoms in total. The number of aryl methyl sites for hydroxylation is 2. The van der Waals surface area contributed by atoms with Gasteiger partial charge >= 0.3 is 0 Å². The third-order valence-electron chi connectivity index (χ3n) is 4.83. The molecule has 2 aliphatic heterocycles. The van der Waals surface area contributed by atoms with Crippen LogP contribution in [0.25, 0.3) is 0 Å². The second kappa shape index (κ2) is 7.99. The summed E-state index contributed by atoms with van der Waals surface area (Å²) in [6.07, 6.45) is 2.27. The van der Waals surface area contributed by atoms with Crippen molar-refractivity contribution in [1.29, 1.82) is 0 Å². The summed E-state index contributed by atoms with van der Waals surface area (Å²) in [5, 5.41) is 0. The lowest BCUT2D eigenvalue weighted by atomic mass is 9.96. The minimum absolute atomic E-state index is 0.0601. The van der Waals surface area contributed by atoms with Crippen molar-refractivity contribution in [3.63, 3.8) is 0 Å². The van der Waals surface area contributed by atoms with E-state index in [1.807, 2.05) is 24.0 Å². The number of nitrogens with zero attached hydrogens (tertiary/aromatic N) is 1. The molecule has 0 unspecified atom stereocenters. The Morgan fingerprint density at radius 3 is 2.58 bits per heavy atom. The maximum atomic E-state index is 12.3. The van der Waals surface area contributed by atoms with Crippen molar-refractivity contribution >= 4 is 5.91 Å². The molecule has 2 heterocycles. The van der Waals surface area contributed by atoms with Gasteiger partial charge in [0, 0.05) is 19.0 Å². The van der Waals surface area contributed by atoms with Gasteiger partial charge in [-0.2, -0.15) is 0 Å². The van der Waals surface area contributed by atoms with Crippen LogP contribution in [0.5, 0.6) is 5.75 Å². The molecule has 0 atom stereocenters. The summed E-state index contributed by atoms with van der Waals surface area (Å²) in [6.45, 7) is 7.48. The SMILES string of the molecule is Cc1ccc(OCCC(=O)N2CCC(C3OCCO3)CC2)c(C)c1. The standard InChI is InChI=1S/C19H27NO4/c1-14-3-4-17(15(2)13-14)22-10-7-18(21)20-8-5-16(6-9-20)19-23-11-12-24-19/h3-4,13,16,19H,5-12H2,1-2H3. The summed E-state index contributed by atoms with van der Waals surface area (Å²) in [5.74, 6) is 1.46. The summed E-state index contributed by atoms with van der Waals surface area (Å²) in [6, 6.07) is 6.10. The Morgan fingerprint density at radius 2 is 1.92 bits per heavy atom. The molecule has 2 fully saturated rings. The summed E-state index contributed by atoms with van der Waals surface area (Å²) in [5.41, 5.74) is 2.33. The number of piperidine rings is 1. The number of ether oxygens (including phenoxy) is 3. The van der Waals surface area contributed by atoms with E-state index in [4.69, 9.17) is 14.2 Å². The van der Waals surface area contributed by atoms with Gasteiger partial charge in [-0.3, -0.25) is 4.79 Å². The average molecular weight is 333 g/mol. The number of carbonyl (C=O) groups is 1. The smallest absolute Gasteiger partial charge is 0.225 e. The Kier molecular flexibility index (Phi) is 5.74. The van der Waals surface area contributed by atoms with Crippen LogP contribution in [0.2, 0.25) is 0 Å². The molecule has 0 aromatic heterocycles. The van der Waals surface area contributed by atoms with Crippen molar-refractivity contribution in [3.8, 4) is 5.75 Å². The largest absolute Gasteiger partial charge is 0.493 e. The van der Waals surface area contributed by atoms with Gasteiger partial charge < -0.3 is 19.1 Å². The lowest BCUT2D eigenvalue weighted by Gasteiger charge is -2.33. The zero-order valence-corrected chi connectivity index (χ0v) is 14.6. The van der Waals surface area contributed by atoms with Crippen molar-refractivity contribution in [2.45, 2.75) is 39.4 Å². The van der Waals surface area contributed by atoms with E-state index in [2.05, 4.69) is 13.0 Å². The molecule has 132 valence electrons. The monoisotopic (exact) mass is 333 g/mol. The fourth-order valence-electron chi connectivity index (χ4n) is 3.44. The molecule has 24 heavy (non-hydrogen) atoms. The van der Waals surface area contributed by atoms with E-state index in [-0.39, 0.29) is 12.2 Å². The highest BCUT2D eigenvalue weighted by Crippen LogP contribution is 2.26. The second-order valence-corrected chi connectivity index (χ2v) is 6.70. The molecule has 1 aromatic rings. The fraction of sp³-hybridized carbons (Fsp3) is 0.632. The molecule has 3 rings (SSSR count). The molecule has 2 saturated heterocycles. The van der Waals surface area contributed by atoms with E-state index in [0.29, 0.717) is 32.2 Å². The summed E-state index contributed by atoms with van der Waals surface area (Å²) in [4.78, 5) is 14.3. The van der Waals surface area contributed by atoms with Crippen molar-refractivity contribution in [1.82, 2.24) is 4.90 Å². The maximum Gasteiger partial charge on any atom is 0.225 e. The molecule has 1 amide bonds. The maximum absolute atomic E-state index is 12.3. The third kappa shape index (κ3) is 4.28. The normalized spacial score (nSPS) is 19.7. The van der Waals surface area contributed by atoms with Gasteiger partial charge in [-0.05, 0) is 38.3 Å². The van der Waals surface area contributed by atoms with Gasteiger partial charge in [-0.25, -0.2) is 0 Å². The van der Waals surface area contributed by atoms with Gasteiger partial charge in [0.2, 0.25) is 5.91 Å². The molecule has 0 aliphatic carbocycles. The van der Waals surface area contributed by atoms with Crippen LogP contribution in [0.15, 0.2) is 18.2 Å². The summed E-state index contributed by atoms with van der Waals surface area (Å²) >= 11 is 0. The molecule has 5 heteroatoms. The van der Waals surface area contributed by atoms with Gasteiger partial charge in [0.25, 0.3) is 0 Å². The van der Waals surface area contributed by atoms with Gasteiger partial charge in [0.05, 0.1) is 26.2 Å². The van der Waals surface area contributed by atoms with E-state index < -0.39 is 0 Å². The molecular formula is C19H27NO4. The first kappa shape index (κ1) is 17.2. The van der Waals surface area contributed by atoms with Crippen molar-refractivity contribution in [2.75, 3.05) is 32.9 Å². The number of hydrogen-bond acceptors (Lipinski definition) is 4. The van der Waals surface area contributed by atoms with Gasteiger partial charge in [-0.15, -0.1) is 0 Å². The highest BCUT2D eigenvalue weighted by Gasteiger charge is 2.31. The lowest BCUT2D eigenvalue weighted by molar-refractivity contribution is -0.137. The number of benzene rings is 1. The molecular weight excluding hydrogens is 306 g/mol. The van der Waals surface area contributed by atoms with E-state index in [1.165, 1.54) is 5.56 Å². The van der Waals surface area contributed by atoms with Crippen LogP contribution in [0.1, 0.15) is 30.4 Å². The third-order valence-corrected chi connectivity index (χ3v) is 4.83. The minimum atomic E-state index is -0.0601. The Hall–Kier alpha value is -1.59. The molecule has 0 spiro atoms. The quantitative estimate of drug-likeness (QED) is 0.831. The molecule has 2 aliphatic rings. The van der Waals surface area contributed by atoms with Crippen LogP contribution in [-0.2, 0) is 14.3 Å². The predicted molar refractivity (Wildman–Crippen MR) is 91.0 cm³/mol. The van der Waals surface area contributed by atoms with Gasteiger partial charge in [0.1, 0.15) is 5.75 Å². The first-order valence-electron chi connectivity index (χ1n) is 8.84. The highest BCUT2D eigenvalue weighted by molar-refractivity contribution is 5.76. The number of amides is 1. The Labute approximate surface area is 143 Å². The highest BCUT2D eigenvalue weighted by atomic mass is 16.7. The number of carbonyl (C=O) groups excluding carboxylic acids is 1. The van der Waals surface area contributed by atoms with E-state index in [0.717, 1.165) is 37.2 Å². The van der Waals surface area contributed by atoms with E-state index in [1.54, 1.807) is 0 Å². The fourth-order valence-corrected chi connectivity index (χ4v) is 3.44. The van der Waals surface area contributed by atoms with Crippen LogP contribution in [0, 0.1) is 19.8 Å². The number of likely N-dealkylation sites (tertiary alicyclic amines) is 1. The zero-order valence-electron chi connectivity index (χ0n) is 14.6. The Balaban J connectivity index is 1.39. The first-order chi connectivity index (χ1) is 11.6. The lowest BCUT2D eigenvalue weighted by Crippen LogP contribution is -2.41. The Bertz CT molecular complexity index is 560. The molecule has 0 radical (unpaired) electrons. The van der Waals surface area contributed by atoms with Crippen molar-refractivity contribution in [2.24, 2.45) is 5.92 Å². The molecule has 1 aromatic carbocycles. The van der Waals surface area contributed by atoms with Crippen LogP contribution >= 0.6 is 0 Å². The van der Waals surface area contributed by atoms with Gasteiger partial charge in [0.15, 0.2) is 6.29 Å². The van der Waals surface area contributed by atoms with E-state index in [9.17, 15) is 4.79 Å².